The van der Waals surface area contributed by atoms with E-state index >= 15 is 0 Å². The summed E-state index contributed by atoms with van der Waals surface area (Å²) in [6.07, 6.45) is 2.03. The molecule has 19 heavy (non-hydrogen) atoms. The van der Waals surface area contributed by atoms with Gasteiger partial charge in [-0.05, 0) is 57.1 Å². The SMILES string of the molecule is CC(C)(C)OC(=O)CSCCCc1cccc(N)c1. The molecule has 0 amide bonds. The maximum absolute atomic E-state index is 11.5. The second-order valence-corrected chi connectivity index (χ2v) is 6.59. The number of ether oxygens (including phenoxy) is 1. The largest absolute Gasteiger partial charge is 0.459 e. The number of benzene rings is 1. The van der Waals surface area contributed by atoms with Gasteiger partial charge in [-0.25, -0.2) is 0 Å². The fourth-order valence-corrected chi connectivity index (χ4v) is 2.37. The Bertz CT molecular complexity index is 413. The summed E-state index contributed by atoms with van der Waals surface area (Å²) in [5.41, 5.74) is 7.38. The van der Waals surface area contributed by atoms with E-state index < -0.39 is 0 Å². The van der Waals surface area contributed by atoms with Gasteiger partial charge in [0.05, 0.1) is 5.75 Å². The van der Waals surface area contributed by atoms with Crippen molar-refractivity contribution in [3.05, 3.63) is 29.8 Å². The molecule has 0 aliphatic heterocycles. The van der Waals surface area contributed by atoms with E-state index in [0.29, 0.717) is 5.75 Å². The lowest BCUT2D eigenvalue weighted by Gasteiger charge is -2.19. The molecule has 1 rings (SSSR count). The second-order valence-electron chi connectivity index (χ2n) is 5.49. The van der Waals surface area contributed by atoms with Gasteiger partial charge in [0.15, 0.2) is 0 Å². The van der Waals surface area contributed by atoms with Gasteiger partial charge in [-0.3, -0.25) is 4.79 Å². The molecular weight excluding hydrogens is 258 g/mol. The molecule has 0 saturated heterocycles. The van der Waals surface area contributed by atoms with E-state index in [1.54, 1.807) is 11.8 Å². The highest BCUT2D eigenvalue weighted by molar-refractivity contribution is 7.99. The first kappa shape index (κ1) is 15.9. The van der Waals surface area contributed by atoms with Crippen molar-refractivity contribution < 1.29 is 9.53 Å². The molecular formula is C15H23NO2S. The van der Waals surface area contributed by atoms with Crippen LogP contribution in [0.4, 0.5) is 5.69 Å². The lowest BCUT2D eigenvalue weighted by Crippen LogP contribution is -2.25. The fraction of sp³-hybridized carbons (Fsp3) is 0.533. The smallest absolute Gasteiger partial charge is 0.316 e. The van der Waals surface area contributed by atoms with Crippen LogP contribution >= 0.6 is 11.8 Å². The van der Waals surface area contributed by atoms with Crippen molar-refractivity contribution in [2.45, 2.75) is 39.2 Å². The molecule has 1 aromatic rings. The van der Waals surface area contributed by atoms with Gasteiger partial charge in [-0.1, -0.05) is 12.1 Å². The van der Waals surface area contributed by atoms with Crippen molar-refractivity contribution in [3.8, 4) is 0 Å². The Morgan fingerprint density at radius 3 is 2.74 bits per heavy atom. The monoisotopic (exact) mass is 281 g/mol. The summed E-state index contributed by atoms with van der Waals surface area (Å²) in [5.74, 6) is 1.24. The van der Waals surface area contributed by atoms with Crippen molar-refractivity contribution >= 4 is 23.4 Å². The maximum Gasteiger partial charge on any atom is 0.316 e. The molecule has 0 unspecified atom stereocenters. The first-order chi connectivity index (χ1) is 8.87. The van der Waals surface area contributed by atoms with E-state index in [1.807, 2.05) is 39.0 Å². The number of anilines is 1. The van der Waals surface area contributed by atoms with Gasteiger partial charge in [0.25, 0.3) is 0 Å². The fourth-order valence-electron chi connectivity index (χ4n) is 1.65. The lowest BCUT2D eigenvalue weighted by atomic mass is 10.1. The highest BCUT2D eigenvalue weighted by atomic mass is 32.2. The molecule has 0 bridgehead atoms. The van der Waals surface area contributed by atoms with Gasteiger partial charge in [0.1, 0.15) is 5.60 Å². The van der Waals surface area contributed by atoms with E-state index in [4.69, 9.17) is 10.5 Å². The molecule has 4 heteroatoms. The molecule has 106 valence electrons. The van der Waals surface area contributed by atoms with Gasteiger partial charge in [-0.2, -0.15) is 11.8 Å². The first-order valence-corrected chi connectivity index (χ1v) is 7.66. The van der Waals surface area contributed by atoms with Crippen LogP contribution in [-0.2, 0) is 16.0 Å². The second kappa shape index (κ2) is 7.43. The predicted octanol–water partition coefficient (Wildman–Crippen LogP) is 3.28. The molecule has 0 radical (unpaired) electrons. The molecule has 0 aromatic heterocycles. The molecule has 0 fully saturated rings. The summed E-state index contributed by atoms with van der Waals surface area (Å²) in [5, 5.41) is 0. The number of esters is 1. The van der Waals surface area contributed by atoms with Crippen LogP contribution < -0.4 is 5.73 Å². The Kier molecular flexibility index (Phi) is 6.22. The van der Waals surface area contributed by atoms with E-state index in [0.717, 1.165) is 24.3 Å². The quantitative estimate of drug-likeness (QED) is 0.494. The summed E-state index contributed by atoms with van der Waals surface area (Å²) < 4.78 is 5.24. The van der Waals surface area contributed by atoms with Crippen LogP contribution in [0.25, 0.3) is 0 Å². The van der Waals surface area contributed by atoms with Crippen molar-refractivity contribution in [2.75, 3.05) is 17.2 Å². The number of rotatable bonds is 6. The molecule has 0 heterocycles. The number of aryl methyl sites for hydroxylation is 1. The predicted molar refractivity (Wildman–Crippen MR) is 82.3 cm³/mol. The van der Waals surface area contributed by atoms with Crippen LogP contribution in [0.2, 0.25) is 0 Å². The summed E-state index contributed by atoms with van der Waals surface area (Å²) >= 11 is 1.62. The molecule has 3 nitrogen and oxygen atoms in total. The first-order valence-electron chi connectivity index (χ1n) is 6.51. The van der Waals surface area contributed by atoms with Crippen LogP contribution in [0, 0.1) is 0 Å². The van der Waals surface area contributed by atoms with Crippen LogP contribution in [-0.4, -0.2) is 23.1 Å². The zero-order chi connectivity index (χ0) is 14.3. The standard InChI is InChI=1S/C15H23NO2S/c1-15(2,3)18-14(17)11-19-9-5-7-12-6-4-8-13(16)10-12/h4,6,8,10H,5,7,9,11,16H2,1-3H3. The molecule has 1 aromatic carbocycles. The van der Waals surface area contributed by atoms with Crippen LogP contribution in [0.1, 0.15) is 32.8 Å². The Morgan fingerprint density at radius 2 is 2.11 bits per heavy atom. The molecule has 0 saturated carbocycles. The van der Waals surface area contributed by atoms with Gasteiger partial charge in [-0.15, -0.1) is 0 Å². The summed E-state index contributed by atoms with van der Waals surface area (Å²) in [7, 11) is 0. The third-order valence-electron chi connectivity index (χ3n) is 2.35. The number of hydrogen-bond donors (Lipinski definition) is 1. The van der Waals surface area contributed by atoms with Crippen LogP contribution in [0.15, 0.2) is 24.3 Å². The third-order valence-corrected chi connectivity index (χ3v) is 3.36. The van der Waals surface area contributed by atoms with Crippen molar-refractivity contribution in [3.63, 3.8) is 0 Å². The molecule has 2 N–H and O–H groups in total. The van der Waals surface area contributed by atoms with Crippen LogP contribution in [0.3, 0.4) is 0 Å². The number of nitrogens with two attached hydrogens (primary N) is 1. The summed E-state index contributed by atoms with van der Waals surface area (Å²) in [4.78, 5) is 11.5. The minimum atomic E-state index is -0.390. The summed E-state index contributed by atoms with van der Waals surface area (Å²) in [6.45, 7) is 5.65. The Labute approximate surface area is 119 Å². The number of thioether (sulfide) groups is 1. The highest BCUT2D eigenvalue weighted by Gasteiger charge is 2.15. The van der Waals surface area contributed by atoms with E-state index in [1.165, 1.54) is 5.56 Å². The molecule has 0 atom stereocenters. The van der Waals surface area contributed by atoms with Gasteiger partial charge in [0, 0.05) is 5.69 Å². The Morgan fingerprint density at radius 1 is 1.37 bits per heavy atom. The maximum atomic E-state index is 11.5. The van der Waals surface area contributed by atoms with Crippen molar-refractivity contribution in [1.82, 2.24) is 0 Å². The third kappa shape index (κ3) is 7.78. The number of hydrogen-bond acceptors (Lipinski definition) is 4. The van der Waals surface area contributed by atoms with Crippen LogP contribution in [0.5, 0.6) is 0 Å². The average Bonchev–Trinajstić information content (AvgIpc) is 2.26. The van der Waals surface area contributed by atoms with Gasteiger partial charge < -0.3 is 10.5 Å². The number of carbonyl (C=O) groups excluding carboxylic acids is 1. The molecule has 0 spiro atoms. The van der Waals surface area contributed by atoms with Gasteiger partial charge in [0.2, 0.25) is 0 Å². The normalized spacial score (nSPS) is 11.3. The Hall–Kier alpha value is -1.16. The number of nitrogen functional groups attached to an aromatic ring is 1. The van der Waals surface area contributed by atoms with Crippen molar-refractivity contribution in [2.24, 2.45) is 0 Å². The minimum Gasteiger partial charge on any atom is -0.459 e. The van der Waals surface area contributed by atoms with E-state index in [2.05, 4.69) is 6.07 Å². The van der Waals surface area contributed by atoms with Crippen molar-refractivity contribution in [1.29, 1.82) is 0 Å². The van der Waals surface area contributed by atoms with E-state index in [-0.39, 0.29) is 11.6 Å². The van der Waals surface area contributed by atoms with Gasteiger partial charge >= 0.3 is 5.97 Å². The molecule has 0 aliphatic rings. The average molecular weight is 281 g/mol. The van der Waals surface area contributed by atoms with E-state index in [9.17, 15) is 4.79 Å². The minimum absolute atomic E-state index is 0.138. The summed E-state index contributed by atoms with van der Waals surface area (Å²) in [6, 6.07) is 7.94. The molecule has 0 aliphatic carbocycles. The topological polar surface area (TPSA) is 52.3 Å². The zero-order valence-corrected chi connectivity index (χ0v) is 12.8. The number of carbonyl (C=O) groups is 1. The zero-order valence-electron chi connectivity index (χ0n) is 11.9. The lowest BCUT2D eigenvalue weighted by molar-refractivity contribution is -0.151. The Balaban J connectivity index is 2.13. The highest BCUT2D eigenvalue weighted by Crippen LogP contribution is 2.13.